The van der Waals surface area contributed by atoms with Crippen LogP contribution in [0, 0.1) is 18.3 Å². The van der Waals surface area contributed by atoms with E-state index >= 15 is 0 Å². The van der Waals surface area contributed by atoms with Crippen molar-refractivity contribution < 1.29 is 19.8 Å². The van der Waals surface area contributed by atoms with Crippen molar-refractivity contribution in [3.8, 4) is 12.3 Å². The molecule has 1 rings (SSSR count). The van der Waals surface area contributed by atoms with Crippen molar-refractivity contribution in [1.82, 2.24) is 4.81 Å². The van der Waals surface area contributed by atoms with E-state index in [2.05, 4.69) is 5.92 Å². The van der Waals surface area contributed by atoms with E-state index in [-0.39, 0.29) is 17.9 Å². The van der Waals surface area contributed by atoms with Crippen LogP contribution in [0.25, 0.3) is 0 Å². The molecule has 0 unspecified atom stereocenters. The highest BCUT2D eigenvalue weighted by Gasteiger charge is 2.31. The number of carbonyl (C=O) groups is 2. The molecular weight excluding hydrogens is 245 g/mol. The predicted octanol–water partition coefficient (Wildman–Crippen LogP) is 0.851. The highest BCUT2D eigenvalue weighted by Crippen LogP contribution is 2.19. The average molecular weight is 262 g/mol. The quantitative estimate of drug-likeness (QED) is 0.422. The monoisotopic (exact) mass is 262 g/mol. The van der Waals surface area contributed by atoms with Gasteiger partial charge in [-0.2, -0.15) is 0 Å². The Hall–Kier alpha value is -1.74. The lowest BCUT2D eigenvalue weighted by atomic mass is 9.90. The molecule has 1 amide bonds. The van der Waals surface area contributed by atoms with Crippen LogP contribution in [0.1, 0.15) is 26.2 Å². The van der Waals surface area contributed by atoms with Crippen molar-refractivity contribution in [1.29, 1.82) is 0 Å². The third kappa shape index (κ3) is 4.45. The molecule has 0 spiro atoms. The summed E-state index contributed by atoms with van der Waals surface area (Å²) in [5.74, 6) is 1.03. The second kappa shape index (κ2) is 7.00. The lowest BCUT2D eigenvalue weighted by molar-refractivity contribution is -0.124. The Labute approximate surface area is 113 Å². The van der Waals surface area contributed by atoms with Gasteiger partial charge in [0.05, 0.1) is 6.10 Å². The third-order valence-electron chi connectivity index (χ3n) is 3.10. The maximum atomic E-state index is 11.5. The summed E-state index contributed by atoms with van der Waals surface area (Å²) in [7, 11) is 0.877. The van der Waals surface area contributed by atoms with Gasteiger partial charge in [-0.1, -0.05) is 19.1 Å². The Balaban J connectivity index is 2.62. The first kappa shape index (κ1) is 15.3. The number of carboxylic acid groups (broad SMARTS) is 1. The van der Waals surface area contributed by atoms with Gasteiger partial charge in [-0.3, -0.25) is 9.59 Å². The van der Waals surface area contributed by atoms with E-state index in [1.165, 1.54) is 4.81 Å². The molecule has 19 heavy (non-hydrogen) atoms. The zero-order chi connectivity index (χ0) is 14.4. The molecule has 2 N–H and O–H groups in total. The van der Waals surface area contributed by atoms with Crippen molar-refractivity contribution in [3.63, 3.8) is 0 Å². The van der Waals surface area contributed by atoms with Gasteiger partial charge in [0.1, 0.15) is 0 Å². The Morgan fingerprint density at radius 3 is 3.00 bits per heavy atom. The van der Waals surface area contributed by atoms with Crippen LogP contribution >= 0.6 is 0 Å². The fourth-order valence-corrected chi connectivity index (χ4v) is 1.94. The molecule has 0 aromatic rings. The molecule has 0 aromatic carbocycles. The standard InChI is InChI=1S/C13H17BNO4/c1-3-4-9(2)11(16)7-5-10-6-8-12(17)15(10)14-13(18)19/h1,5,7,9-11,16H,4,6,8H2,2H3,(H,18,19)/b7-5+/t9-,10+,11+/m1/s1. The number of rotatable bonds is 6. The molecule has 0 saturated carbocycles. The van der Waals surface area contributed by atoms with Crippen molar-refractivity contribution >= 4 is 19.2 Å². The molecule has 6 heteroatoms. The number of hydrogen-bond acceptors (Lipinski definition) is 3. The molecule has 0 aromatic heterocycles. The van der Waals surface area contributed by atoms with Gasteiger partial charge in [-0.25, -0.2) is 0 Å². The number of amides is 1. The molecule has 0 aliphatic carbocycles. The Kier molecular flexibility index (Phi) is 5.65. The van der Waals surface area contributed by atoms with Crippen molar-refractivity contribution in [3.05, 3.63) is 12.2 Å². The fraction of sp³-hybridized carbons (Fsp3) is 0.538. The van der Waals surface area contributed by atoms with Crippen LogP contribution in [0.3, 0.4) is 0 Å². The lowest BCUT2D eigenvalue weighted by Crippen LogP contribution is -2.39. The van der Waals surface area contributed by atoms with Crippen LogP contribution in [-0.2, 0) is 4.79 Å². The van der Waals surface area contributed by atoms with E-state index in [0.29, 0.717) is 19.3 Å². The molecule has 101 valence electrons. The molecule has 1 fully saturated rings. The first-order valence-corrected chi connectivity index (χ1v) is 6.14. The van der Waals surface area contributed by atoms with Crippen LogP contribution < -0.4 is 0 Å². The molecule has 1 radical (unpaired) electrons. The smallest absolute Gasteiger partial charge is 0.395 e. The number of aliphatic hydroxyl groups is 1. The number of terminal acetylenes is 1. The van der Waals surface area contributed by atoms with Gasteiger partial charge in [0.2, 0.25) is 5.91 Å². The Morgan fingerprint density at radius 2 is 2.42 bits per heavy atom. The van der Waals surface area contributed by atoms with E-state index in [0.717, 1.165) is 7.41 Å². The van der Waals surface area contributed by atoms with Crippen LogP contribution in [0.15, 0.2) is 12.2 Å². The molecular formula is C13H17BNO4. The minimum absolute atomic E-state index is 0.0738. The van der Waals surface area contributed by atoms with Crippen molar-refractivity contribution in [2.75, 3.05) is 0 Å². The maximum absolute atomic E-state index is 11.5. The van der Waals surface area contributed by atoms with E-state index in [4.69, 9.17) is 11.5 Å². The normalized spacial score (nSPS) is 22.3. The van der Waals surface area contributed by atoms with E-state index in [9.17, 15) is 14.7 Å². The second-order valence-electron chi connectivity index (χ2n) is 4.64. The van der Waals surface area contributed by atoms with Crippen LogP contribution in [-0.4, -0.2) is 46.4 Å². The van der Waals surface area contributed by atoms with Gasteiger partial charge < -0.3 is 15.0 Å². The third-order valence-corrected chi connectivity index (χ3v) is 3.10. The molecule has 1 heterocycles. The van der Waals surface area contributed by atoms with Crippen LogP contribution in [0.4, 0.5) is 4.79 Å². The minimum Gasteiger partial charge on any atom is -0.488 e. The summed E-state index contributed by atoms with van der Waals surface area (Å²) in [6, 6.07) is -0.309. The summed E-state index contributed by atoms with van der Waals surface area (Å²) >= 11 is 0. The molecule has 1 aliphatic heterocycles. The molecule has 0 bridgehead atoms. The second-order valence-corrected chi connectivity index (χ2v) is 4.64. The first-order chi connectivity index (χ1) is 8.95. The van der Waals surface area contributed by atoms with Gasteiger partial charge in [0.15, 0.2) is 0 Å². The maximum Gasteiger partial charge on any atom is 0.395 e. The number of hydrogen-bond donors (Lipinski definition) is 2. The van der Waals surface area contributed by atoms with Crippen molar-refractivity contribution in [2.45, 2.75) is 38.3 Å². The van der Waals surface area contributed by atoms with Crippen LogP contribution in [0.5, 0.6) is 0 Å². The van der Waals surface area contributed by atoms with E-state index in [1.807, 2.05) is 6.92 Å². The van der Waals surface area contributed by atoms with E-state index < -0.39 is 12.0 Å². The average Bonchev–Trinajstić information content (AvgIpc) is 2.67. The molecule has 5 nitrogen and oxygen atoms in total. The summed E-state index contributed by atoms with van der Waals surface area (Å²) in [6.45, 7) is 1.83. The van der Waals surface area contributed by atoms with E-state index in [1.54, 1.807) is 12.2 Å². The van der Waals surface area contributed by atoms with Gasteiger partial charge in [0, 0.05) is 18.9 Å². The first-order valence-electron chi connectivity index (χ1n) is 6.14. The fourth-order valence-electron chi connectivity index (χ4n) is 1.94. The largest absolute Gasteiger partial charge is 0.488 e. The Bertz CT molecular complexity index is 415. The molecule has 1 aliphatic rings. The summed E-state index contributed by atoms with van der Waals surface area (Å²) in [5.41, 5.74) is 0. The summed E-state index contributed by atoms with van der Waals surface area (Å²) in [5, 5.41) is 18.5. The lowest BCUT2D eigenvalue weighted by Gasteiger charge is -2.20. The highest BCUT2D eigenvalue weighted by atomic mass is 16.4. The summed E-state index contributed by atoms with van der Waals surface area (Å²) in [6.07, 6.45) is 9.05. The summed E-state index contributed by atoms with van der Waals surface area (Å²) < 4.78 is 0. The zero-order valence-corrected chi connectivity index (χ0v) is 10.8. The number of carbonyl (C=O) groups excluding carboxylic acids is 1. The van der Waals surface area contributed by atoms with Gasteiger partial charge in [-0.15, -0.1) is 12.3 Å². The topological polar surface area (TPSA) is 77.8 Å². The zero-order valence-electron chi connectivity index (χ0n) is 10.8. The van der Waals surface area contributed by atoms with Gasteiger partial charge in [-0.05, 0) is 12.3 Å². The van der Waals surface area contributed by atoms with Gasteiger partial charge >= 0.3 is 7.41 Å². The molecule has 1 saturated heterocycles. The molecule has 3 atom stereocenters. The van der Waals surface area contributed by atoms with Crippen LogP contribution in [0.2, 0.25) is 0 Å². The summed E-state index contributed by atoms with van der Waals surface area (Å²) in [4.78, 5) is 23.3. The number of aliphatic hydroxyl groups excluding tert-OH is 1. The van der Waals surface area contributed by atoms with Crippen molar-refractivity contribution in [2.24, 2.45) is 5.92 Å². The SMILES string of the molecule is C#CC[C@@H](C)[C@@H](O)/C=C/[C@H]1CCC(=O)N1[B]C(=O)O. The Morgan fingerprint density at radius 1 is 1.74 bits per heavy atom. The number of nitrogens with zero attached hydrogens (tertiary/aromatic N) is 1. The predicted molar refractivity (Wildman–Crippen MR) is 71.4 cm³/mol. The van der Waals surface area contributed by atoms with Gasteiger partial charge in [0.25, 0.3) is 5.87 Å². The minimum atomic E-state index is -1.16. The highest BCUT2D eigenvalue weighted by molar-refractivity contribution is 6.71.